The van der Waals surface area contributed by atoms with Gasteiger partial charge in [0, 0.05) is 5.56 Å². The molecular formula is C19H22O2. The van der Waals surface area contributed by atoms with Crippen LogP contribution in [-0.2, 0) is 6.42 Å². The molecule has 0 aliphatic heterocycles. The lowest BCUT2D eigenvalue weighted by Gasteiger charge is -2.06. The normalized spacial score (nSPS) is 10.3. The highest BCUT2D eigenvalue weighted by Gasteiger charge is 1.97. The van der Waals surface area contributed by atoms with Crippen LogP contribution in [0.4, 0.5) is 0 Å². The van der Waals surface area contributed by atoms with Gasteiger partial charge in [0.05, 0.1) is 6.61 Å². The first kappa shape index (κ1) is 15.3. The van der Waals surface area contributed by atoms with Crippen molar-refractivity contribution in [1.82, 2.24) is 0 Å². The number of hydrogen-bond acceptors (Lipinski definition) is 2. The predicted molar refractivity (Wildman–Crippen MR) is 85.9 cm³/mol. The van der Waals surface area contributed by atoms with Gasteiger partial charge in [0.2, 0.25) is 0 Å². The van der Waals surface area contributed by atoms with E-state index in [4.69, 9.17) is 4.74 Å². The predicted octanol–water partition coefficient (Wildman–Crippen LogP) is 4.68. The Labute approximate surface area is 126 Å². The first-order valence-electron chi connectivity index (χ1n) is 7.60. The van der Waals surface area contributed by atoms with Gasteiger partial charge in [0.25, 0.3) is 0 Å². The van der Waals surface area contributed by atoms with Crippen molar-refractivity contribution in [3.63, 3.8) is 0 Å². The molecule has 2 nitrogen and oxygen atoms in total. The molecule has 0 aliphatic carbocycles. The molecular weight excluding hydrogens is 260 g/mol. The van der Waals surface area contributed by atoms with Crippen LogP contribution in [-0.4, -0.2) is 12.9 Å². The zero-order valence-electron chi connectivity index (χ0n) is 12.3. The van der Waals surface area contributed by atoms with Crippen molar-refractivity contribution in [3.8, 4) is 5.75 Å². The molecule has 110 valence electrons. The van der Waals surface area contributed by atoms with E-state index in [-0.39, 0.29) is 0 Å². The molecule has 2 aromatic carbocycles. The van der Waals surface area contributed by atoms with E-state index in [1.165, 1.54) is 24.8 Å². The summed E-state index contributed by atoms with van der Waals surface area (Å²) in [7, 11) is 0. The number of carbonyl (C=O) groups is 1. The van der Waals surface area contributed by atoms with Crippen molar-refractivity contribution >= 4 is 6.29 Å². The summed E-state index contributed by atoms with van der Waals surface area (Å²) in [6.45, 7) is 0.716. The molecule has 2 rings (SSSR count). The topological polar surface area (TPSA) is 26.3 Å². The van der Waals surface area contributed by atoms with Gasteiger partial charge in [0.1, 0.15) is 12.0 Å². The number of carbonyl (C=O) groups excluding carboxylic acids is 1. The summed E-state index contributed by atoms with van der Waals surface area (Å²) in [5.74, 6) is 0.781. The summed E-state index contributed by atoms with van der Waals surface area (Å²) in [6, 6.07) is 17.9. The van der Waals surface area contributed by atoms with Crippen molar-refractivity contribution < 1.29 is 9.53 Å². The zero-order valence-corrected chi connectivity index (χ0v) is 12.3. The van der Waals surface area contributed by atoms with Gasteiger partial charge >= 0.3 is 0 Å². The maximum Gasteiger partial charge on any atom is 0.150 e. The Hall–Kier alpha value is -2.09. The van der Waals surface area contributed by atoms with Gasteiger partial charge < -0.3 is 4.74 Å². The lowest BCUT2D eigenvalue weighted by molar-refractivity contribution is 0.112. The molecule has 0 aromatic heterocycles. The SMILES string of the molecule is O=Cc1cccc(OCCCCCCc2ccccc2)c1. The Morgan fingerprint density at radius 1 is 0.857 bits per heavy atom. The number of rotatable bonds is 9. The van der Waals surface area contributed by atoms with E-state index in [9.17, 15) is 4.79 Å². The molecule has 0 unspecified atom stereocenters. The molecule has 0 saturated carbocycles. The third-order valence-electron chi connectivity index (χ3n) is 3.47. The summed E-state index contributed by atoms with van der Waals surface area (Å²) in [5, 5.41) is 0. The van der Waals surface area contributed by atoms with Gasteiger partial charge in [-0.15, -0.1) is 0 Å². The zero-order chi connectivity index (χ0) is 14.8. The molecule has 0 heterocycles. The number of aryl methyl sites for hydroxylation is 1. The number of unbranched alkanes of at least 4 members (excludes halogenated alkanes) is 3. The molecule has 0 saturated heterocycles. The molecule has 0 amide bonds. The van der Waals surface area contributed by atoms with Crippen LogP contribution in [0.15, 0.2) is 54.6 Å². The quantitative estimate of drug-likeness (QED) is 0.493. The van der Waals surface area contributed by atoms with Crippen LogP contribution in [0.25, 0.3) is 0 Å². The Balaban J connectivity index is 1.55. The molecule has 0 atom stereocenters. The fourth-order valence-electron chi connectivity index (χ4n) is 2.30. The van der Waals surface area contributed by atoms with Gasteiger partial charge in [-0.25, -0.2) is 0 Å². The van der Waals surface area contributed by atoms with E-state index in [2.05, 4.69) is 30.3 Å². The monoisotopic (exact) mass is 282 g/mol. The van der Waals surface area contributed by atoms with Crippen LogP contribution in [0, 0.1) is 0 Å². The van der Waals surface area contributed by atoms with E-state index >= 15 is 0 Å². The van der Waals surface area contributed by atoms with Crippen molar-refractivity contribution in [2.75, 3.05) is 6.61 Å². The van der Waals surface area contributed by atoms with E-state index in [1.807, 2.05) is 12.1 Å². The first-order chi connectivity index (χ1) is 10.4. The average Bonchev–Trinajstić information content (AvgIpc) is 2.55. The van der Waals surface area contributed by atoms with Gasteiger partial charge in [-0.3, -0.25) is 4.79 Å². The van der Waals surface area contributed by atoms with Crippen molar-refractivity contribution in [2.45, 2.75) is 32.1 Å². The van der Waals surface area contributed by atoms with Crippen molar-refractivity contribution in [3.05, 3.63) is 65.7 Å². The summed E-state index contributed by atoms with van der Waals surface area (Å²) < 4.78 is 5.65. The molecule has 0 spiro atoms. The van der Waals surface area contributed by atoms with E-state index in [0.29, 0.717) is 12.2 Å². The van der Waals surface area contributed by atoms with E-state index < -0.39 is 0 Å². The second kappa shape index (κ2) is 8.96. The largest absolute Gasteiger partial charge is 0.494 e. The van der Waals surface area contributed by atoms with Crippen LogP contribution in [0.5, 0.6) is 5.75 Å². The summed E-state index contributed by atoms with van der Waals surface area (Å²) in [5.41, 5.74) is 2.08. The molecule has 0 radical (unpaired) electrons. The Bertz CT molecular complexity index is 534. The molecule has 0 bridgehead atoms. The number of benzene rings is 2. The molecule has 0 fully saturated rings. The van der Waals surface area contributed by atoms with Gasteiger partial charge in [0.15, 0.2) is 0 Å². The minimum atomic E-state index is 0.662. The fraction of sp³-hybridized carbons (Fsp3) is 0.316. The standard InChI is InChI=1S/C19H22O2/c20-16-18-12-8-13-19(15-18)21-14-7-2-1-4-9-17-10-5-3-6-11-17/h3,5-6,8,10-13,15-16H,1-2,4,7,9,14H2. The molecule has 2 heteroatoms. The summed E-state index contributed by atoms with van der Waals surface area (Å²) in [6.07, 6.45) is 6.69. The minimum Gasteiger partial charge on any atom is -0.494 e. The maximum absolute atomic E-state index is 10.7. The third-order valence-corrected chi connectivity index (χ3v) is 3.47. The lowest BCUT2D eigenvalue weighted by atomic mass is 10.1. The molecule has 2 aromatic rings. The smallest absolute Gasteiger partial charge is 0.150 e. The highest BCUT2D eigenvalue weighted by molar-refractivity contribution is 5.75. The van der Waals surface area contributed by atoms with Crippen LogP contribution in [0.2, 0.25) is 0 Å². The number of ether oxygens (including phenoxy) is 1. The van der Waals surface area contributed by atoms with Crippen molar-refractivity contribution in [2.24, 2.45) is 0 Å². The molecule has 0 aliphatic rings. The van der Waals surface area contributed by atoms with Gasteiger partial charge in [-0.1, -0.05) is 55.3 Å². The van der Waals surface area contributed by atoms with Crippen molar-refractivity contribution in [1.29, 1.82) is 0 Å². The number of aldehydes is 1. The Kier molecular flexibility index (Phi) is 6.53. The highest BCUT2D eigenvalue weighted by Crippen LogP contribution is 2.13. The molecule has 21 heavy (non-hydrogen) atoms. The minimum absolute atomic E-state index is 0.662. The van der Waals surface area contributed by atoms with Gasteiger partial charge in [-0.2, -0.15) is 0 Å². The van der Waals surface area contributed by atoms with E-state index in [1.54, 1.807) is 12.1 Å². The van der Waals surface area contributed by atoms with Crippen LogP contribution in [0.3, 0.4) is 0 Å². The van der Waals surface area contributed by atoms with Crippen LogP contribution < -0.4 is 4.74 Å². The highest BCUT2D eigenvalue weighted by atomic mass is 16.5. The maximum atomic E-state index is 10.7. The Morgan fingerprint density at radius 2 is 1.67 bits per heavy atom. The number of hydrogen-bond donors (Lipinski definition) is 0. The fourth-order valence-corrected chi connectivity index (χ4v) is 2.30. The lowest BCUT2D eigenvalue weighted by Crippen LogP contribution is -1.98. The van der Waals surface area contributed by atoms with E-state index in [0.717, 1.165) is 24.9 Å². The van der Waals surface area contributed by atoms with Gasteiger partial charge in [-0.05, 0) is 37.0 Å². The third kappa shape index (κ3) is 5.82. The average molecular weight is 282 g/mol. The van der Waals surface area contributed by atoms with Crippen LogP contribution in [0.1, 0.15) is 41.6 Å². The second-order valence-electron chi connectivity index (χ2n) is 5.19. The summed E-state index contributed by atoms with van der Waals surface area (Å²) >= 11 is 0. The molecule has 0 N–H and O–H groups in total. The summed E-state index contributed by atoms with van der Waals surface area (Å²) in [4.78, 5) is 10.7. The second-order valence-corrected chi connectivity index (χ2v) is 5.19. The van der Waals surface area contributed by atoms with Crippen LogP contribution >= 0.6 is 0 Å². The Morgan fingerprint density at radius 3 is 2.48 bits per heavy atom. The first-order valence-corrected chi connectivity index (χ1v) is 7.60.